The van der Waals surface area contributed by atoms with E-state index < -0.39 is 28.5 Å². The third-order valence-electron chi connectivity index (χ3n) is 3.81. The molecule has 0 saturated heterocycles. The van der Waals surface area contributed by atoms with E-state index in [0.717, 1.165) is 4.31 Å². The zero-order chi connectivity index (χ0) is 20.0. The second-order valence-electron chi connectivity index (χ2n) is 5.62. The monoisotopic (exact) mass is 391 g/mol. The molecule has 0 fully saturated rings. The number of sulfonamides is 1. The lowest BCUT2D eigenvalue weighted by Gasteiger charge is -2.25. The van der Waals surface area contributed by atoms with Gasteiger partial charge in [-0.15, -0.1) is 0 Å². The molecular weight excluding hydrogens is 370 g/mol. The van der Waals surface area contributed by atoms with Crippen LogP contribution in [-0.4, -0.2) is 40.6 Å². The summed E-state index contributed by atoms with van der Waals surface area (Å²) in [7, 11) is -2.82. The molecule has 0 N–H and O–H groups in total. The van der Waals surface area contributed by atoms with Gasteiger partial charge in [0.2, 0.25) is 0 Å². The molecule has 144 valence electrons. The van der Waals surface area contributed by atoms with Crippen molar-refractivity contribution in [2.45, 2.75) is 18.7 Å². The lowest BCUT2D eigenvalue weighted by molar-refractivity contribution is -0.141. The van der Waals surface area contributed by atoms with Crippen molar-refractivity contribution in [2.24, 2.45) is 0 Å². The lowest BCUT2D eigenvalue weighted by Crippen LogP contribution is -2.37. The zero-order valence-corrected chi connectivity index (χ0v) is 16.2. The van der Waals surface area contributed by atoms with E-state index in [9.17, 15) is 18.0 Å². The fourth-order valence-corrected chi connectivity index (χ4v) is 3.95. The van der Waals surface area contributed by atoms with E-state index in [1.807, 2.05) is 0 Å². The number of methoxy groups -OCH3 is 1. The van der Waals surface area contributed by atoms with Gasteiger partial charge in [0.15, 0.2) is 0 Å². The molecule has 2 rings (SSSR count). The predicted octanol–water partition coefficient (Wildman–Crippen LogP) is 2.54. The van der Waals surface area contributed by atoms with Gasteiger partial charge in [-0.2, -0.15) is 0 Å². The first-order valence-corrected chi connectivity index (χ1v) is 9.67. The average molecular weight is 391 g/mol. The second-order valence-corrected chi connectivity index (χ2v) is 7.48. The maximum atomic E-state index is 13.2. The molecule has 0 unspecified atom stereocenters. The number of hydrogen-bond donors (Lipinski definition) is 0. The Morgan fingerprint density at radius 2 is 1.74 bits per heavy atom. The van der Waals surface area contributed by atoms with E-state index in [2.05, 4.69) is 0 Å². The van der Waals surface area contributed by atoms with Crippen LogP contribution < -0.4 is 4.31 Å². The number of carbonyl (C=O) groups excluding carboxylic acids is 2. The lowest BCUT2D eigenvalue weighted by atomic mass is 10.1. The number of ether oxygens (including phenoxy) is 2. The first kappa shape index (κ1) is 20.4. The van der Waals surface area contributed by atoms with Gasteiger partial charge < -0.3 is 9.47 Å². The molecule has 0 atom stereocenters. The van der Waals surface area contributed by atoms with E-state index in [4.69, 9.17) is 9.47 Å². The second kappa shape index (κ2) is 8.68. The number of anilines is 1. The summed E-state index contributed by atoms with van der Waals surface area (Å²) in [4.78, 5) is 24.0. The van der Waals surface area contributed by atoms with Gasteiger partial charge in [0.1, 0.15) is 6.54 Å². The van der Waals surface area contributed by atoms with E-state index >= 15 is 0 Å². The highest BCUT2D eigenvalue weighted by atomic mass is 32.2. The van der Waals surface area contributed by atoms with E-state index in [0.29, 0.717) is 5.56 Å². The van der Waals surface area contributed by atoms with E-state index in [1.54, 1.807) is 38.1 Å². The van der Waals surface area contributed by atoms with Crippen LogP contribution in [0.15, 0.2) is 53.4 Å². The van der Waals surface area contributed by atoms with Crippen molar-refractivity contribution in [1.29, 1.82) is 0 Å². The molecule has 8 heteroatoms. The molecule has 2 aromatic carbocycles. The molecule has 0 heterocycles. The quantitative estimate of drug-likeness (QED) is 0.674. The van der Waals surface area contributed by atoms with Crippen LogP contribution in [0.3, 0.4) is 0 Å². The molecule has 0 spiro atoms. The Hall–Kier alpha value is -2.87. The minimum atomic E-state index is -4.06. The van der Waals surface area contributed by atoms with Crippen LogP contribution in [0.25, 0.3) is 0 Å². The fraction of sp³-hybridized carbons (Fsp3) is 0.263. The summed E-state index contributed by atoms with van der Waals surface area (Å²) in [5, 5.41) is 0. The van der Waals surface area contributed by atoms with Crippen LogP contribution in [0, 0.1) is 6.92 Å². The first-order valence-electron chi connectivity index (χ1n) is 8.23. The summed E-state index contributed by atoms with van der Waals surface area (Å²) in [6, 6.07) is 12.3. The number of aryl methyl sites for hydroxylation is 1. The Morgan fingerprint density at radius 1 is 1.07 bits per heavy atom. The Kier molecular flexibility index (Phi) is 6.57. The summed E-state index contributed by atoms with van der Waals surface area (Å²) < 4.78 is 36.9. The molecule has 0 aliphatic heterocycles. The van der Waals surface area contributed by atoms with Crippen molar-refractivity contribution in [3.05, 3.63) is 59.7 Å². The third kappa shape index (κ3) is 4.65. The van der Waals surface area contributed by atoms with Crippen LogP contribution in [0.4, 0.5) is 5.69 Å². The minimum absolute atomic E-state index is 0.0252. The molecule has 0 aliphatic rings. The predicted molar refractivity (Wildman–Crippen MR) is 100 cm³/mol. The SMILES string of the molecule is CCOC(=O)CN(c1cc(C(=O)OC)ccc1C)S(=O)(=O)c1ccccc1. The standard InChI is InChI=1S/C19H21NO6S/c1-4-26-18(21)13-20(27(23,24)16-8-6-5-7-9-16)17-12-15(19(22)25-3)11-10-14(17)2/h5-12H,4,13H2,1-3H3. The summed E-state index contributed by atoms with van der Waals surface area (Å²) in [6.07, 6.45) is 0. The molecule has 0 aromatic heterocycles. The van der Waals surface area contributed by atoms with Crippen LogP contribution >= 0.6 is 0 Å². The summed E-state index contributed by atoms with van der Waals surface area (Å²) in [5.74, 6) is -1.30. The number of rotatable bonds is 7. The summed E-state index contributed by atoms with van der Waals surface area (Å²) in [5.41, 5.74) is 0.955. The van der Waals surface area contributed by atoms with Crippen molar-refractivity contribution >= 4 is 27.6 Å². The zero-order valence-electron chi connectivity index (χ0n) is 15.3. The Balaban J connectivity index is 2.60. The van der Waals surface area contributed by atoms with Gasteiger partial charge in [0, 0.05) is 0 Å². The summed E-state index contributed by atoms with van der Waals surface area (Å²) in [6.45, 7) is 2.93. The topological polar surface area (TPSA) is 90.0 Å². The highest BCUT2D eigenvalue weighted by Gasteiger charge is 2.29. The molecule has 0 bridgehead atoms. The maximum Gasteiger partial charge on any atom is 0.337 e. The fourth-order valence-electron chi connectivity index (χ4n) is 2.47. The maximum absolute atomic E-state index is 13.2. The number of hydrogen-bond acceptors (Lipinski definition) is 6. The van der Waals surface area contributed by atoms with Crippen molar-refractivity contribution in [1.82, 2.24) is 0 Å². The van der Waals surface area contributed by atoms with Crippen molar-refractivity contribution < 1.29 is 27.5 Å². The number of nitrogens with zero attached hydrogens (tertiary/aromatic N) is 1. The molecule has 0 aliphatic carbocycles. The largest absolute Gasteiger partial charge is 0.465 e. The van der Waals surface area contributed by atoms with Gasteiger partial charge >= 0.3 is 11.9 Å². The van der Waals surface area contributed by atoms with Gasteiger partial charge in [0.05, 0.1) is 29.9 Å². The molecule has 2 aromatic rings. The molecule has 0 saturated carbocycles. The van der Waals surface area contributed by atoms with Crippen molar-refractivity contribution in [3.63, 3.8) is 0 Å². The van der Waals surface area contributed by atoms with Crippen LogP contribution in [-0.2, 0) is 24.3 Å². The van der Waals surface area contributed by atoms with Crippen LogP contribution in [0.5, 0.6) is 0 Å². The molecule has 7 nitrogen and oxygen atoms in total. The number of carbonyl (C=O) groups is 2. The van der Waals surface area contributed by atoms with E-state index in [-0.39, 0.29) is 22.8 Å². The number of benzene rings is 2. The van der Waals surface area contributed by atoms with Crippen LogP contribution in [0.2, 0.25) is 0 Å². The number of esters is 2. The highest BCUT2D eigenvalue weighted by molar-refractivity contribution is 7.92. The molecule has 27 heavy (non-hydrogen) atoms. The van der Waals surface area contributed by atoms with Crippen LogP contribution in [0.1, 0.15) is 22.8 Å². The van der Waals surface area contributed by atoms with Gasteiger partial charge in [0.25, 0.3) is 10.0 Å². The van der Waals surface area contributed by atoms with Crippen molar-refractivity contribution in [2.75, 3.05) is 24.6 Å². The molecular formula is C19H21NO6S. The van der Waals surface area contributed by atoms with Crippen molar-refractivity contribution in [3.8, 4) is 0 Å². The minimum Gasteiger partial charge on any atom is -0.465 e. The highest BCUT2D eigenvalue weighted by Crippen LogP contribution is 2.28. The first-order chi connectivity index (χ1) is 12.8. The third-order valence-corrected chi connectivity index (χ3v) is 5.58. The van der Waals surface area contributed by atoms with Gasteiger partial charge in [-0.05, 0) is 43.7 Å². The summed E-state index contributed by atoms with van der Waals surface area (Å²) >= 11 is 0. The van der Waals surface area contributed by atoms with E-state index in [1.165, 1.54) is 31.4 Å². The molecule has 0 radical (unpaired) electrons. The van der Waals surface area contributed by atoms with Gasteiger partial charge in [-0.3, -0.25) is 9.10 Å². The Labute approximate surface area is 158 Å². The smallest absolute Gasteiger partial charge is 0.337 e. The normalized spacial score (nSPS) is 10.9. The average Bonchev–Trinajstić information content (AvgIpc) is 2.67. The Bertz CT molecular complexity index is 924. The van der Waals surface area contributed by atoms with Gasteiger partial charge in [-0.1, -0.05) is 24.3 Å². The Morgan fingerprint density at radius 3 is 2.33 bits per heavy atom. The van der Waals surface area contributed by atoms with Gasteiger partial charge in [-0.25, -0.2) is 13.2 Å². The molecule has 0 amide bonds.